The number of carbonyl (C=O) groups is 1. The molecule has 4 nitrogen and oxygen atoms in total. The number of amides is 1. The molecule has 1 amide bonds. The zero-order valence-corrected chi connectivity index (χ0v) is 11.7. The van der Waals surface area contributed by atoms with Crippen molar-refractivity contribution in [2.75, 3.05) is 33.8 Å². The Morgan fingerprint density at radius 2 is 2.20 bits per heavy atom. The molecule has 0 unspecified atom stereocenters. The molecule has 0 saturated carbocycles. The highest BCUT2D eigenvalue weighted by molar-refractivity contribution is 5.94. The highest BCUT2D eigenvalue weighted by Crippen LogP contribution is 2.10. The predicted molar refractivity (Wildman–Crippen MR) is 75.9 cm³/mol. The molecule has 0 aliphatic heterocycles. The van der Waals surface area contributed by atoms with E-state index in [0.29, 0.717) is 12.1 Å². The molecule has 0 fully saturated rings. The van der Waals surface area contributed by atoms with Gasteiger partial charge in [-0.25, -0.2) is 4.39 Å². The third kappa shape index (κ3) is 5.39. The lowest BCUT2D eigenvalue weighted by Gasteiger charge is -2.10. The molecule has 1 rings (SSSR count). The molecule has 1 aromatic rings. The number of hydrogen-bond acceptors (Lipinski definition) is 3. The van der Waals surface area contributed by atoms with Crippen LogP contribution in [0.15, 0.2) is 18.2 Å². The molecule has 0 radical (unpaired) electrons. The van der Waals surface area contributed by atoms with Gasteiger partial charge in [0.05, 0.1) is 5.56 Å². The molecule has 5 heteroatoms. The number of nitrogens with one attached hydrogen (secondary N) is 1. The molecule has 0 aliphatic carbocycles. The van der Waals surface area contributed by atoms with Crippen LogP contribution in [0.2, 0.25) is 0 Å². The standard InChI is InChI=1S/C15H19FN2O2/c1-18(2)9-4-8-17-15(20)13-11-12(5-3-10-19)6-7-14(13)16/h6-7,11,19H,4,8-10H2,1-2H3,(H,17,20). The van der Waals surface area contributed by atoms with Crippen LogP contribution in [0.4, 0.5) is 4.39 Å². The van der Waals surface area contributed by atoms with Crippen LogP contribution in [0.5, 0.6) is 0 Å². The molecule has 0 atom stereocenters. The van der Waals surface area contributed by atoms with Gasteiger partial charge in [-0.05, 0) is 45.3 Å². The SMILES string of the molecule is CN(C)CCCNC(=O)c1cc(C#CCO)ccc1F. The first-order valence-electron chi connectivity index (χ1n) is 6.37. The number of benzene rings is 1. The maximum absolute atomic E-state index is 13.6. The summed E-state index contributed by atoms with van der Waals surface area (Å²) in [4.78, 5) is 13.9. The number of aliphatic hydroxyl groups excluding tert-OH is 1. The van der Waals surface area contributed by atoms with Gasteiger partial charge in [-0.15, -0.1) is 0 Å². The number of nitrogens with zero attached hydrogens (tertiary/aromatic N) is 1. The second kappa shape index (κ2) is 8.31. The predicted octanol–water partition coefficient (Wildman–Crippen LogP) is 0.851. The van der Waals surface area contributed by atoms with Gasteiger partial charge in [-0.3, -0.25) is 4.79 Å². The van der Waals surface area contributed by atoms with Crippen molar-refractivity contribution in [1.82, 2.24) is 10.2 Å². The summed E-state index contributed by atoms with van der Waals surface area (Å²) in [5.41, 5.74) is 0.471. The minimum Gasteiger partial charge on any atom is -0.384 e. The Bertz CT molecular complexity index is 518. The number of hydrogen-bond donors (Lipinski definition) is 2. The van der Waals surface area contributed by atoms with Gasteiger partial charge in [0.25, 0.3) is 5.91 Å². The lowest BCUT2D eigenvalue weighted by atomic mass is 10.1. The topological polar surface area (TPSA) is 52.6 Å². The summed E-state index contributed by atoms with van der Waals surface area (Å²) >= 11 is 0. The molecule has 20 heavy (non-hydrogen) atoms. The number of aliphatic hydroxyl groups is 1. The van der Waals surface area contributed by atoms with Crippen LogP contribution in [-0.2, 0) is 0 Å². The van der Waals surface area contributed by atoms with Crippen molar-refractivity contribution >= 4 is 5.91 Å². The van der Waals surface area contributed by atoms with Crippen LogP contribution in [0.25, 0.3) is 0 Å². The Morgan fingerprint density at radius 1 is 1.45 bits per heavy atom. The summed E-state index contributed by atoms with van der Waals surface area (Å²) in [5, 5.41) is 11.3. The zero-order chi connectivity index (χ0) is 15.0. The van der Waals surface area contributed by atoms with Gasteiger partial charge in [-0.1, -0.05) is 11.8 Å². The van der Waals surface area contributed by atoms with Crippen molar-refractivity contribution in [1.29, 1.82) is 0 Å². The maximum Gasteiger partial charge on any atom is 0.254 e. The van der Waals surface area contributed by atoms with E-state index >= 15 is 0 Å². The summed E-state index contributed by atoms with van der Waals surface area (Å²) in [6, 6.07) is 4.07. The van der Waals surface area contributed by atoms with Gasteiger partial charge in [-0.2, -0.15) is 0 Å². The van der Waals surface area contributed by atoms with Gasteiger partial charge in [0.15, 0.2) is 0 Å². The molecular formula is C15H19FN2O2. The van der Waals surface area contributed by atoms with E-state index in [1.807, 2.05) is 19.0 Å². The minimum atomic E-state index is -0.579. The van der Waals surface area contributed by atoms with Crippen LogP contribution in [0.1, 0.15) is 22.3 Å². The molecule has 0 bridgehead atoms. The monoisotopic (exact) mass is 278 g/mol. The van der Waals surface area contributed by atoms with Crippen molar-refractivity contribution < 1.29 is 14.3 Å². The number of halogens is 1. The van der Waals surface area contributed by atoms with E-state index in [-0.39, 0.29) is 12.2 Å². The Morgan fingerprint density at radius 3 is 2.85 bits per heavy atom. The first kappa shape index (κ1) is 16.2. The van der Waals surface area contributed by atoms with Crippen molar-refractivity contribution in [3.05, 3.63) is 35.1 Å². The molecule has 0 heterocycles. The Kier molecular flexibility index (Phi) is 6.71. The molecule has 2 N–H and O–H groups in total. The number of rotatable bonds is 5. The van der Waals surface area contributed by atoms with E-state index in [0.717, 1.165) is 13.0 Å². The van der Waals surface area contributed by atoms with Gasteiger partial charge >= 0.3 is 0 Å². The van der Waals surface area contributed by atoms with Crippen LogP contribution in [-0.4, -0.2) is 49.7 Å². The van der Waals surface area contributed by atoms with Crippen molar-refractivity contribution in [3.63, 3.8) is 0 Å². The van der Waals surface area contributed by atoms with Crippen LogP contribution >= 0.6 is 0 Å². The van der Waals surface area contributed by atoms with Crippen LogP contribution < -0.4 is 5.32 Å². The maximum atomic E-state index is 13.6. The Hall–Kier alpha value is -1.90. The van der Waals surface area contributed by atoms with Gasteiger partial charge in [0.1, 0.15) is 12.4 Å². The quantitative estimate of drug-likeness (QED) is 0.620. The second-order valence-electron chi connectivity index (χ2n) is 4.57. The highest BCUT2D eigenvalue weighted by atomic mass is 19.1. The average Bonchev–Trinajstić information content (AvgIpc) is 2.42. The van der Waals surface area contributed by atoms with Gasteiger partial charge in [0.2, 0.25) is 0 Å². The molecule has 1 aromatic carbocycles. The summed E-state index contributed by atoms with van der Waals surface area (Å²) in [7, 11) is 3.90. The van der Waals surface area contributed by atoms with E-state index in [4.69, 9.17) is 5.11 Å². The molecule has 108 valence electrons. The van der Waals surface area contributed by atoms with Crippen molar-refractivity contribution in [2.45, 2.75) is 6.42 Å². The van der Waals surface area contributed by atoms with E-state index in [9.17, 15) is 9.18 Å². The van der Waals surface area contributed by atoms with Crippen molar-refractivity contribution in [2.24, 2.45) is 0 Å². The molecule has 0 spiro atoms. The fourth-order valence-corrected chi connectivity index (χ4v) is 1.61. The Balaban J connectivity index is 2.67. The smallest absolute Gasteiger partial charge is 0.254 e. The van der Waals surface area contributed by atoms with E-state index in [1.54, 1.807) is 0 Å². The first-order valence-corrected chi connectivity index (χ1v) is 6.37. The van der Waals surface area contributed by atoms with Crippen LogP contribution in [0.3, 0.4) is 0 Å². The molecule has 0 saturated heterocycles. The second-order valence-corrected chi connectivity index (χ2v) is 4.57. The first-order chi connectivity index (χ1) is 9.54. The Labute approximate surface area is 118 Å². The molecule has 0 aromatic heterocycles. The van der Waals surface area contributed by atoms with E-state index < -0.39 is 11.7 Å². The van der Waals surface area contributed by atoms with Crippen molar-refractivity contribution in [3.8, 4) is 11.8 Å². The molecule has 0 aliphatic rings. The minimum absolute atomic E-state index is 0.0282. The summed E-state index contributed by atoms with van der Waals surface area (Å²) in [5.74, 6) is 4.08. The third-order valence-corrected chi connectivity index (χ3v) is 2.59. The van der Waals surface area contributed by atoms with Gasteiger partial charge in [0, 0.05) is 12.1 Å². The third-order valence-electron chi connectivity index (χ3n) is 2.59. The highest BCUT2D eigenvalue weighted by Gasteiger charge is 2.11. The van der Waals surface area contributed by atoms with Crippen LogP contribution in [0, 0.1) is 17.7 Å². The summed E-state index contributed by atoms with van der Waals surface area (Å²) in [6.45, 7) is 1.07. The summed E-state index contributed by atoms with van der Waals surface area (Å²) < 4.78 is 13.6. The zero-order valence-electron chi connectivity index (χ0n) is 11.7. The fraction of sp³-hybridized carbons (Fsp3) is 0.400. The lowest BCUT2D eigenvalue weighted by molar-refractivity contribution is 0.0948. The van der Waals surface area contributed by atoms with E-state index in [1.165, 1.54) is 18.2 Å². The summed E-state index contributed by atoms with van der Waals surface area (Å²) in [6.07, 6.45) is 0.796. The number of carbonyl (C=O) groups excluding carboxylic acids is 1. The normalized spacial score (nSPS) is 10.1. The lowest BCUT2D eigenvalue weighted by Crippen LogP contribution is -2.27. The van der Waals surface area contributed by atoms with Gasteiger partial charge < -0.3 is 15.3 Å². The van der Waals surface area contributed by atoms with E-state index in [2.05, 4.69) is 17.2 Å². The fourth-order valence-electron chi connectivity index (χ4n) is 1.61. The largest absolute Gasteiger partial charge is 0.384 e. The molecular weight excluding hydrogens is 259 g/mol. The average molecular weight is 278 g/mol.